The van der Waals surface area contributed by atoms with Crippen LogP contribution in [0.2, 0.25) is 0 Å². The monoisotopic (exact) mass is 231 g/mol. The summed E-state index contributed by atoms with van der Waals surface area (Å²) >= 11 is 0. The number of hydrogen-bond donors (Lipinski definition) is 0. The summed E-state index contributed by atoms with van der Waals surface area (Å²) < 4.78 is 0. The molecular formula is C12H17N5. The molecule has 0 amide bonds. The number of anilines is 1. The maximum absolute atomic E-state index is 9.10. The fourth-order valence-electron chi connectivity index (χ4n) is 2.04. The van der Waals surface area contributed by atoms with Crippen LogP contribution in [-0.4, -0.2) is 48.1 Å². The van der Waals surface area contributed by atoms with Gasteiger partial charge < -0.3 is 9.80 Å². The molecule has 17 heavy (non-hydrogen) atoms. The number of aromatic nitrogens is 2. The molecule has 1 aliphatic rings. The van der Waals surface area contributed by atoms with Crippen LogP contribution < -0.4 is 4.90 Å². The van der Waals surface area contributed by atoms with E-state index in [1.807, 2.05) is 6.92 Å². The zero-order chi connectivity index (χ0) is 12.3. The van der Waals surface area contributed by atoms with E-state index < -0.39 is 0 Å². The Morgan fingerprint density at radius 2 is 2.12 bits per heavy atom. The third-order valence-corrected chi connectivity index (χ3v) is 3.03. The third kappa shape index (κ3) is 2.71. The van der Waals surface area contributed by atoms with Crippen LogP contribution in [0.15, 0.2) is 6.20 Å². The Morgan fingerprint density at radius 1 is 1.29 bits per heavy atom. The lowest BCUT2D eigenvalue weighted by Gasteiger charge is -2.22. The van der Waals surface area contributed by atoms with Gasteiger partial charge in [-0.2, -0.15) is 5.26 Å². The summed E-state index contributed by atoms with van der Waals surface area (Å²) in [7, 11) is 2.12. The van der Waals surface area contributed by atoms with E-state index in [0.29, 0.717) is 5.56 Å². The molecule has 1 aromatic rings. The molecule has 0 aliphatic carbocycles. The average Bonchev–Trinajstić information content (AvgIpc) is 2.54. The Balaban J connectivity index is 2.26. The van der Waals surface area contributed by atoms with Crippen molar-refractivity contribution in [2.75, 3.05) is 38.1 Å². The van der Waals surface area contributed by atoms with Crippen LogP contribution in [0, 0.1) is 18.3 Å². The summed E-state index contributed by atoms with van der Waals surface area (Å²) in [6.45, 7) is 5.84. The van der Waals surface area contributed by atoms with E-state index in [-0.39, 0.29) is 0 Å². The highest BCUT2D eigenvalue weighted by atomic mass is 15.2. The number of nitriles is 1. The lowest BCUT2D eigenvalue weighted by atomic mass is 10.3. The molecule has 0 unspecified atom stereocenters. The maximum atomic E-state index is 9.10. The zero-order valence-corrected chi connectivity index (χ0v) is 10.3. The van der Waals surface area contributed by atoms with Gasteiger partial charge in [-0.3, -0.25) is 0 Å². The van der Waals surface area contributed by atoms with E-state index >= 15 is 0 Å². The Morgan fingerprint density at radius 3 is 2.88 bits per heavy atom. The van der Waals surface area contributed by atoms with Gasteiger partial charge in [-0.1, -0.05) is 0 Å². The van der Waals surface area contributed by atoms with E-state index in [1.165, 1.54) is 0 Å². The van der Waals surface area contributed by atoms with Crippen molar-refractivity contribution in [1.82, 2.24) is 14.9 Å². The first-order chi connectivity index (χ1) is 8.20. The van der Waals surface area contributed by atoms with Gasteiger partial charge >= 0.3 is 0 Å². The van der Waals surface area contributed by atoms with Crippen molar-refractivity contribution in [2.45, 2.75) is 13.3 Å². The summed E-state index contributed by atoms with van der Waals surface area (Å²) in [5.74, 6) is 1.51. The van der Waals surface area contributed by atoms with E-state index in [4.69, 9.17) is 5.26 Å². The lowest BCUT2D eigenvalue weighted by molar-refractivity contribution is 0.360. The molecule has 2 rings (SSSR count). The highest BCUT2D eigenvalue weighted by molar-refractivity contribution is 5.52. The maximum Gasteiger partial charge on any atom is 0.150 e. The van der Waals surface area contributed by atoms with Gasteiger partial charge in [0, 0.05) is 19.6 Å². The second-order valence-corrected chi connectivity index (χ2v) is 4.41. The van der Waals surface area contributed by atoms with Gasteiger partial charge in [0.05, 0.1) is 6.20 Å². The van der Waals surface area contributed by atoms with E-state index in [9.17, 15) is 0 Å². The molecule has 5 nitrogen and oxygen atoms in total. The Hall–Kier alpha value is -1.67. The van der Waals surface area contributed by atoms with Crippen LogP contribution in [0.4, 0.5) is 5.82 Å². The van der Waals surface area contributed by atoms with Crippen LogP contribution >= 0.6 is 0 Å². The van der Waals surface area contributed by atoms with Crippen molar-refractivity contribution in [2.24, 2.45) is 0 Å². The first-order valence-corrected chi connectivity index (χ1v) is 5.88. The SMILES string of the molecule is Cc1ncc(C#N)c(N2CCCN(C)CC2)n1. The van der Waals surface area contributed by atoms with Gasteiger partial charge in [0.25, 0.3) is 0 Å². The van der Waals surface area contributed by atoms with Crippen molar-refractivity contribution < 1.29 is 0 Å². The summed E-state index contributed by atoms with van der Waals surface area (Å²) in [5, 5.41) is 9.10. The molecule has 0 N–H and O–H groups in total. The molecule has 0 radical (unpaired) electrons. The first kappa shape index (κ1) is 11.8. The Kier molecular flexibility index (Phi) is 3.55. The average molecular weight is 231 g/mol. The molecule has 0 spiro atoms. The van der Waals surface area contributed by atoms with Crippen LogP contribution in [0.1, 0.15) is 17.8 Å². The van der Waals surface area contributed by atoms with Gasteiger partial charge in [-0.05, 0) is 26.9 Å². The molecule has 2 heterocycles. The minimum Gasteiger partial charge on any atom is -0.354 e. The minimum absolute atomic E-state index is 0.570. The Labute approximate surface area is 102 Å². The second-order valence-electron chi connectivity index (χ2n) is 4.41. The summed E-state index contributed by atoms with van der Waals surface area (Å²) in [5.41, 5.74) is 0.570. The number of hydrogen-bond acceptors (Lipinski definition) is 5. The minimum atomic E-state index is 0.570. The molecule has 0 aromatic carbocycles. The predicted molar refractivity (Wildman–Crippen MR) is 65.8 cm³/mol. The standard InChI is InChI=1S/C12H17N5/c1-10-14-9-11(8-13)12(15-10)17-5-3-4-16(2)6-7-17/h9H,3-7H2,1-2H3. The van der Waals surface area contributed by atoms with Gasteiger partial charge in [0.2, 0.25) is 0 Å². The normalized spacial score (nSPS) is 17.6. The molecule has 0 bridgehead atoms. The largest absolute Gasteiger partial charge is 0.354 e. The van der Waals surface area contributed by atoms with Crippen molar-refractivity contribution in [3.8, 4) is 6.07 Å². The van der Waals surface area contributed by atoms with Gasteiger partial charge in [-0.15, -0.1) is 0 Å². The topological polar surface area (TPSA) is 56.1 Å². The van der Waals surface area contributed by atoms with Crippen molar-refractivity contribution in [3.63, 3.8) is 0 Å². The van der Waals surface area contributed by atoms with Crippen LogP contribution in [0.25, 0.3) is 0 Å². The molecule has 1 aliphatic heterocycles. The van der Waals surface area contributed by atoms with Crippen LogP contribution in [0.3, 0.4) is 0 Å². The zero-order valence-electron chi connectivity index (χ0n) is 10.3. The van der Waals surface area contributed by atoms with E-state index in [2.05, 4.69) is 32.9 Å². The molecule has 5 heteroatoms. The highest BCUT2D eigenvalue weighted by Crippen LogP contribution is 2.18. The van der Waals surface area contributed by atoms with Gasteiger partial charge in [0.15, 0.2) is 0 Å². The number of nitrogens with zero attached hydrogens (tertiary/aromatic N) is 5. The molecule has 1 aromatic heterocycles. The van der Waals surface area contributed by atoms with E-state index in [1.54, 1.807) is 6.20 Å². The molecule has 1 fully saturated rings. The lowest BCUT2D eigenvalue weighted by Crippen LogP contribution is -2.30. The molecule has 0 atom stereocenters. The molecule has 1 saturated heterocycles. The van der Waals surface area contributed by atoms with Crippen LogP contribution in [-0.2, 0) is 0 Å². The van der Waals surface area contributed by atoms with E-state index in [0.717, 1.165) is 44.2 Å². The van der Waals surface area contributed by atoms with Crippen molar-refractivity contribution >= 4 is 5.82 Å². The summed E-state index contributed by atoms with van der Waals surface area (Å²) in [6.07, 6.45) is 2.72. The number of likely N-dealkylation sites (N-methyl/N-ethyl adjacent to an activating group) is 1. The van der Waals surface area contributed by atoms with Gasteiger partial charge in [0.1, 0.15) is 23.3 Å². The second kappa shape index (κ2) is 5.11. The summed E-state index contributed by atoms with van der Waals surface area (Å²) in [4.78, 5) is 13.0. The molecular weight excluding hydrogens is 214 g/mol. The quantitative estimate of drug-likeness (QED) is 0.715. The highest BCUT2D eigenvalue weighted by Gasteiger charge is 2.17. The Bertz CT molecular complexity index is 437. The van der Waals surface area contributed by atoms with Crippen molar-refractivity contribution in [3.05, 3.63) is 17.6 Å². The third-order valence-electron chi connectivity index (χ3n) is 3.03. The smallest absolute Gasteiger partial charge is 0.150 e. The molecule has 90 valence electrons. The number of aryl methyl sites for hydroxylation is 1. The number of rotatable bonds is 1. The first-order valence-electron chi connectivity index (χ1n) is 5.88. The van der Waals surface area contributed by atoms with Gasteiger partial charge in [-0.25, -0.2) is 9.97 Å². The predicted octanol–water partition coefficient (Wildman–Crippen LogP) is 0.799. The fraction of sp³-hybridized carbons (Fsp3) is 0.583. The summed E-state index contributed by atoms with van der Waals surface area (Å²) in [6, 6.07) is 2.17. The molecule has 0 saturated carbocycles. The fourth-order valence-corrected chi connectivity index (χ4v) is 2.04. The van der Waals surface area contributed by atoms with Crippen molar-refractivity contribution in [1.29, 1.82) is 5.26 Å². The van der Waals surface area contributed by atoms with Crippen LogP contribution in [0.5, 0.6) is 0 Å².